The average molecular weight is 455 g/mol. The molecule has 0 spiro atoms. The van der Waals surface area contributed by atoms with E-state index in [1.54, 1.807) is 78.9 Å². The molecule has 5 aromatic rings. The minimum atomic E-state index is -0.386. The number of carbonyl (C=O) groups excluding carboxylic acids is 2. The van der Waals surface area contributed by atoms with Crippen LogP contribution in [-0.4, -0.2) is 26.6 Å². The fourth-order valence-electron chi connectivity index (χ4n) is 3.83. The number of furan rings is 2. The molecule has 34 heavy (non-hydrogen) atoms. The predicted molar refractivity (Wildman–Crippen MR) is 125 cm³/mol. The van der Waals surface area contributed by atoms with Crippen LogP contribution in [0.25, 0.3) is 22.5 Å². The zero-order chi connectivity index (χ0) is 23.7. The van der Waals surface area contributed by atoms with Crippen molar-refractivity contribution < 1.29 is 18.4 Å². The Kier molecular flexibility index (Phi) is 5.43. The van der Waals surface area contributed by atoms with Crippen molar-refractivity contribution in [1.82, 2.24) is 20.1 Å². The molecule has 0 saturated carbocycles. The molecule has 2 amide bonds. The minimum Gasteiger partial charge on any atom is -0.467 e. The van der Waals surface area contributed by atoms with Gasteiger partial charge in [0.1, 0.15) is 11.5 Å². The Balaban J connectivity index is 1.48. The van der Waals surface area contributed by atoms with Crippen LogP contribution in [0.1, 0.15) is 32.2 Å². The second-order valence-electron chi connectivity index (χ2n) is 7.70. The number of nitrogens with zero attached hydrogens (tertiary/aromatic N) is 3. The Morgan fingerprint density at radius 1 is 0.971 bits per heavy atom. The normalized spacial score (nSPS) is 11.0. The molecule has 1 aromatic carbocycles. The molecule has 9 nitrogen and oxygen atoms in total. The third-order valence-electron chi connectivity index (χ3n) is 5.41. The second-order valence-corrected chi connectivity index (χ2v) is 7.70. The van der Waals surface area contributed by atoms with Crippen molar-refractivity contribution in [3.63, 3.8) is 0 Å². The number of amides is 2. The minimum absolute atomic E-state index is 0.237. The van der Waals surface area contributed by atoms with Gasteiger partial charge in [-0.2, -0.15) is 5.10 Å². The van der Waals surface area contributed by atoms with Gasteiger partial charge in [0.05, 0.1) is 47.0 Å². The predicted octanol–water partition coefficient (Wildman–Crippen LogP) is 4.31. The highest BCUT2D eigenvalue weighted by molar-refractivity contribution is 6.15. The van der Waals surface area contributed by atoms with Crippen molar-refractivity contribution >= 4 is 28.5 Å². The maximum Gasteiger partial charge on any atom is 0.256 e. The van der Waals surface area contributed by atoms with E-state index in [1.165, 1.54) is 0 Å². The highest BCUT2D eigenvalue weighted by atomic mass is 16.3. The van der Waals surface area contributed by atoms with Gasteiger partial charge in [-0.15, -0.1) is 0 Å². The van der Waals surface area contributed by atoms with Gasteiger partial charge in [-0.1, -0.05) is 12.1 Å². The lowest BCUT2D eigenvalue weighted by atomic mass is 10.1. The molecule has 0 aliphatic rings. The van der Waals surface area contributed by atoms with Crippen LogP contribution in [0, 0.1) is 6.92 Å². The number of para-hydroxylation sites is 1. The molecule has 0 bridgehead atoms. The number of aryl methyl sites for hydroxylation is 2. The zero-order valence-corrected chi connectivity index (χ0v) is 18.5. The molecule has 0 radical (unpaired) electrons. The summed E-state index contributed by atoms with van der Waals surface area (Å²) in [6.07, 6.45) is 3.09. The van der Waals surface area contributed by atoms with Crippen LogP contribution >= 0.6 is 0 Å². The zero-order valence-electron chi connectivity index (χ0n) is 18.5. The molecule has 170 valence electrons. The highest BCUT2D eigenvalue weighted by Gasteiger charge is 2.21. The number of benzene rings is 1. The Labute approximate surface area is 194 Å². The summed E-state index contributed by atoms with van der Waals surface area (Å²) in [6, 6.07) is 15.6. The number of hydrogen-bond acceptors (Lipinski definition) is 6. The van der Waals surface area contributed by atoms with Crippen LogP contribution in [-0.2, 0) is 13.6 Å². The van der Waals surface area contributed by atoms with E-state index in [0.717, 1.165) is 0 Å². The van der Waals surface area contributed by atoms with Crippen molar-refractivity contribution in [2.75, 3.05) is 5.32 Å². The lowest BCUT2D eigenvalue weighted by Gasteiger charge is -2.12. The Morgan fingerprint density at radius 2 is 1.76 bits per heavy atom. The van der Waals surface area contributed by atoms with E-state index in [4.69, 9.17) is 8.83 Å². The maximum absolute atomic E-state index is 13.5. The van der Waals surface area contributed by atoms with Gasteiger partial charge in [0.15, 0.2) is 11.4 Å². The van der Waals surface area contributed by atoms with Crippen molar-refractivity contribution in [3.8, 4) is 11.5 Å². The number of fused-ring (bicyclic) bond motifs is 1. The highest BCUT2D eigenvalue weighted by Crippen LogP contribution is 2.28. The molecule has 4 heterocycles. The van der Waals surface area contributed by atoms with E-state index in [0.29, 0.717) is 50.8 Å². The third kappa shape index (κ3) is 3.95. The standard InChI is InChI=1S/C25H21N5O4/c1-15-22-18(13-20(21-10-6-12-34-21)27-23(22)30(2)29-15)25(32)28-19-9-4-3-8-17(19)24(31)26-14-16-7-5-11-33-16/h3-13H,14H2,1-2H3,(H,26,31)(H,28,32). The number of carbonyl (C=O) groups is 2. The number of anilines is 1. The van der Waals surface area contributed by atoms with Crippen LogP contribution < -0.4 is 10.6 Å². The van der Waals surface area contributed by atoms with Crippen LogP contribution in [0.2, 0.25) is 0 Å². The van der Waals surface area contributed by atoms with E-state index in [2.05, 4.69) is 20.7 Å². The molecule has 9 heteroatoms. The van der Waals surface area contributed by atoms with E-state index < -0.39 is 0 Å². The molecule has 0 aliphatic heterocycles. The number of aromatic nitrogens is 3. The van der Waals surface area contributed by atoms with Gasteiger partial charge in [0, 0.05) is 7.05 Å². The molecule has 2 N–H and O–H groups in total. The van der Waals surface area contributed by atoms with E-state index >= 15 is 0 Å². The second kappa shape index (κ2) is 8.70. The summed E-state index contributed by atoms with van der Waals surface area (Å²) in [5.74, 6) is 0.447. The Morgan fingerprint density at radius 3 is 2.53 bits per heavy atom. The molecule has 0 fully saturated rings. The summed E-state index contributed by atoms with van der Waals surface area (Å²) in [6.45, 7) is 2.06. The largest absolute Gasteiger partial charge is 0.467 e. The van der Waals surface area contributed by atoms with Gasteiger partial charge in [-0.05, 0) is 49.4 Å². The molecule has 0 unspecified atom stereocenters. The molecule has 4 aromatic heterocycles. The van der Waals surface area contributed by atoms with Crippen LogP contribution in [0.5, 0.6) is 0 Å². The van der Waals surface area contributed by atoms with E-state index in [-0.39, 0.29) is 18.4 Å². The first-order valence-corrected chi connectivity index (χ1v) is 10.6. The smallest absolute Gasteiger partial charge is 0.256 e. The first-order valence-electron chi connectivity index (χ1n) is 10.6. The lowest BCUT2D eigenvalue weighted by Crippen LogP contribution is -2.24. The SMILES string of the molecule is Cc1nn(C)c2nc(-c3ccco3)cc(C(=O)Nc3ccccc3C(=O)NCc3ccco3)c12. The quantitative estimate of drug-likeness (QED) is 0.394. The van der Waals surface area contributed by atoms with Crippen LogP contribution in [0.4, 0.5) is 5.69 Å². The molecule has 5 rings (SSSR count). The van der Waals surface area contributed by atoms with E-state index in [1.807, 2.05) is 6.92 Å². The summed E-state index contributed by atoms with van der Waals surface area (Å²) < 4.78 is 12.4. The molecule has 0 atom stereocenters. The summed E-state index contributed by atoms with van der Waals surface area (Å²) in [4.78, 5) is 30.9. The number of hydrogen-bond donors (Lipinski definition) is 2. The summed E-state index contributed by atoms with van der Waals surface area (Å²) in [5, 5.41) is 10.8. The van der Waals surface area contributed by atoms with Crippen LogP contribution in [0.3, 0.4) is 0 Å². The van der Waals surface area contributed by atoms with Crippen molar-refractivity contribution in [3.05, 3.63) is 89.7 Å². The molecular weight excluding hydrogens is 434 g/mol. The summed E-state index contributed by atoms with van der Waals surface area (Å²) >= 11 is 0. The lowest BCUT2D eigenvalue weighted by molar-refractivity contribution is 0.0949. The third-order valence-corrected chi connectivity index (χ3v) is 5.41. The fraction of sp³-hybridized carbons (Fsp3) is 0.120. The first-order chi connectivity index (χ1) is 16.5. The van der Waals surface area contributed by atoms with Crippen molar-refractivity contribution in [2.45, 2.75) is 13.5 Å². The van der Waals surface area contributed by atoms with Gasteiger partial charge in [0.25, 0.3) is 11.8 Å². The van der Waals surface area contributed by atoms with Gasteiger partial charge in [-0.25, -0.2) is 4.98 Å². The van der Waals surface area contributed by atoms with Crippen molar-refractivity contribution in [1.29, 1.82) is 0 Å². The first kappa shape index (κ1) is 21.2. The Bertz CT molecular complexity index is 1480. The molecular formula is C25H21N5O4. The van der Waals surface area contributed by atoms with Crippen LogP contribution in [0.15, 0.2) is 76.0 Å². The molecule has 0 saturated heterocycles. The molecule has 0 aliphatic carbocycles. The number of rotatable bonds is 6. The number of pyridine rings is 1. The summed E-state index contributed by atoms with van der Waals surface area (Å²) in [5.41, 5.74) is 2.84. The van der Waals surface area contributed by atoms with Gasteiger partial charge in [-0.3, -0.25) is 14.3 Å². The maximum atomic E-state index is 13.5. The van der Waals surface area contributed by atoms with Gasteiger partial charge >= 0.3 is 0 Å². The van der Waals surface area contributed by atoms with E-state index in [9.17, 15) is 9.59 Å². The van der Waals surface area contributed by atoms with Crippen molar-refractivity contribution in [2.24, 2.45) is 7.05 Å². The monoisotopic (exact) mass is 455 g/mol. The summed E-state index contributed by atoms with van der Waals surface area (Å²) in [7, 11) is 1.77. The number of nitrogens with one attached hydrogen (secondary N) is 2. The fourth-order valence-corrected chi connectivity index (χ4v) is 3.83. The van der Waals surface area contributed by atoms with Gasteiger partial charge < -0.3 is 19.5 Å². The topological polar surface area (TPSA) is 115 Å². The average Bonchev–Trinajstić information content (AvgIpc) is 3.60. The van der Waals surface area contributed by atoms with Gasteiger partial charge in [0.2, 0.25) is 0 Å². The Hall–Kier alpha value is -4.66.